The van der Waals surface area contributed by atoms with Crippen LogP contribution in [-0.2, 0) is 6.54 Å². The van der Waals surface area contributed by atoms with Crippen molar-refractivity contribution in [3.63, 3.8) is 0 Å². The first-order chi connectivity index (χ1) is 9.16. The van der Waals surface area contributed by atoms with Crippen molar-refractivity contribution < 1.29 is 9.90 Å². The van der Waals surface area contributed by atoms with Gasteiger partial charge in [-0.15, -0.1) is 0 Å². The summed E-state index contributed by atoms with van der Waals surface area (Å²) in [5.41, 5.74) is 2.10. The number of hydrogen-bond acceptors (Lipinski definition) is 2. The van der Waals surface area contributed by atoms with Gasteiger partial charge in [0.25, 0.3) is 0 Å². The molecule has 0 aliphatic rings. The number of aromatic nitrogens is 2. The van der Waals surface area contributed by atoms with Crippen LogP contribution in [0.15, 0.2) is 42.5 Å². The van der Waals surface area contributed by atoms with Crippen LogP contribution in [-0.4, -0.2) is 20.9 Å². The first-order valence-corrected chi connectivity index (χ1v) is 6.16. The minimum atomic E-state index is -0.937. The fourth-order valence-corrected chi connectivity index (χ4v) is 1.87. The van der Waals surface area contributed by atoms with Crippen molar-refractivity contribution >= 4 is 12.0 Å². The lowest BCUT2D eigenvalue weighted by atomic mass is 10.2. The molecule has 0 spiro atoms. The summed E-state index contributed by atoms with van der Waals surface area (Å²) in [4.78, 5) is 11.0. The number of benzene rings is 1. The predicted octanol–water partition coefficient (Wildman–Crippen LogP) is 2.99. The smallest absolute Gasteiger partial charge is 0.354 e. The van der Waals surface area contributed by atoms with Gasteiger partial charge in [-0.25, -0.2) is 4.79 Å². The van der Waals surface area contributed by atoms with E-state index in [1.165, 1.54) is 4.68 Å². The van der Waals surface area contributed by atoms with Gasteiger partial charge in [0.1, 0.15) is 5.69 Å². The number of nitrogens with zero attached hydrogens (tertiary/aromatic N) is 2. The second-order valence-corrected chi connectivity index (χ2v) is 4.30. The Balaban J connectivity index is 1.96. The van der Waals surface area contributed by atoms with Crippen LogP contribution in [0.2, 0.25) is 0 Å². The summed E-state index contributed by atoms with van der Waals surface area (Å²) in [6.07, 6.45) is 4.80. The molecule has 1 aromatic heterocycles. The highest BCUT2D eigenvalue weighted by molar-refractivity contribution is 5.85. The normalized spacial score (nSPS) is 11.0. The average molecular weight is 256 g/mol. The summed E-state index contributed by atoms with van der Waals surface area (Å²) < 4.78 is 1.53. The van der Waals surface area contributed by atoms with E-state index in [4.69, 9.17) is 5.11 Å². The Morgan fingerprint density at radius 3 is 2.79 bits per heavy atom. The SMILES string of the molecule is Cc1cc(C(=O)O)n(CC/C=C/c2ccccc2)n1. The summed E-state index contributed by atoms with van der Waals surface area (Å²) in [7, 11) is 0. The summed E-state index contributed by atoms with van der Waals surface area (Å²) in [5, 5.41) is 13.2. The first-order valence-electron chi connectivity index (χ1n) is 6.16. The van der Waals surface area contributed by atoms with Crippen LogP contribution in [0.1, 0.15) is 28.2 Å². The number of carbonyl (C=O) groups is 1. The predicted molar refractivity (Wildman–Crippen MR) is 74.0 cm³/mol. The van der Waals surface area contributed by atoms with Crippen molar-refractivity contribution in [3.8, 4) is 0 Å². The lowest BCUT2D eigenvalue weighted by Gasteiger charge is -2.01. The molecule has 0 unspecified atom stereocenters. The molecule has 2 aromatic rings. The maximum Gasteiger partial charge on any atom is 0.354 e. The van der Waals surface area contributed by atoms with Gasteiger partial charge in [-0.2, -0.15) is 5.10 Å². The molecule has 0 bridgehead atoms. The molecular formula is C15H16N2O2. The maximum absolute atomic E-state index is 11.0. The van der Waals surface area contributed by atoms with Gasteiger partial charge >= 0.3 is 5.97 Å². The molecule has 4 heteroatoms. The molecule has 1 aromatic carbocycles. The molecule has 1 N–H and O–H groups in total. The van der Waals surface area contributed by atoms with Crippen LogP contribution in [0.4, 0.5) is 0 Å². The van der Waals surface area contributed by atoms with E-state index in [0.717, 1.165) is 17.7 Å². The van der Waals surface area contributed by atoms with Gasteiger partial charge < -0.3 is 5.11 Å². The third kappa shape index (κ3) is 3.55. The van der Waals surface area contributed by atoms with Gasteiger partial charge in [-0.1, -0.05) is 42.5 Å². The standard InChI is InChI=1S/C15H16N2O2/c1-12-11-14(15(18)19)17(16-12)10-6-5-9-13-7-3-2-4-8-13/h2-5,7-9,11H,6,10H2,1H3,(H,18,19)/b9-5+. The second-order valence-electron chi connectivity index (χ2n) is 4.30. The first kappa shape index (κ1) is 13.1. The van der Waals surface area contributed by atoms with E-state index < -0.39 is 5.97 Å². The third-order valence-electron chi connectivity index (χ3n) is 2.74. The van der Waals surface area contributed by atoms with Crippen LogP contribution in [0.25, 0.3) is 6.08 Å². The molecule has 0 saturated carbocycles. The number of rotatable bonds is 5. The van der Waals surface area contributed by atoms with E-state index in [2.05, 4.69) is 5.10 Å². The minimum absolute atomic E-state index is 0.241. The van der Waals surface area contributed by atoms with E-state index >= 15 is 0 Å². The zero-order chi connectivity index (χ0) is 13.7. The molecule has 19 heavy (non-hydrogen) atoms. The van der Waals surface area contributed by atoms with Crippen LogP contribution in [0.3, 0.4) is 0 Å². The zero-order valence-electron chi connectivity index (χ0n) is 10.8. The van der Waals surface area contributed by atoms with Crippen molar-refractivity contribution in [2.75, 3.05) is 0 Å². The van der Waals surface area contributed by atoms with E-state index in [-0.39, 0.29) is 5.69 Å². The van der Waals surface area contributed by atoms with Crippen molar-refractivity contribution in [1.29, 1.82) is 0 Å². The van der Waals surface area contributed by atoms with Crippen LogP contribution < -0.4 is 0 Å². The quantitative estimate of drug-likeness (QED) is 0.894. The summed E-state index contributed by atoms with van der Waals surface area (Å²) in [6, 6.07) is 11.6. The molecule has 0 amide bonds. The lowest BCUT2D eigenvalue weighted by molar-refractivity contribution is 0.0683. The van der Waals surface area contributed by atoms with Crippen molar-refractivity contribution in [2.24, 2.45) is 0 Å². The minimum Gasteiger partial charge on any atom is -0.477 e. The molecule has 0 aliphatic heterocycles. The molecule has 0 saturated heterocycles. The van der Waals surface area contributed by atoms with Crippen LogP contribution in [0.5, 0.6) is 0 Å². The fourth-order valence-electron chi connectivity index (χ4n) is 1.87. The van der Waals surface area contributed by atoms with Gasteiger partial charge in [0, 0.05) is 6.54 Å². The molecule has 1 heterocycles. The fraction of sp³-hybridized carbons (Fsp3) is 0.200. The van der Waals surface area contributed by atoms with E-state index in [9.17, 15) is 4.79 Å². The highest BCUT2D eigenvalue weighted by Crippen LogP contribution is 2.06. The summed E-state index contributed by atoms with van der Waals surface area (Å²) >= 11 is 0. The number of hydrogen-bond donors (Lipinski definition) is 1. The molecule has 0 aliphatic carbocycles. The second kappa shape index (κ2) is 6.00. The van der Waals surface area contributed by atoms with Gasteiger partial charge in [0.15, 0.2) is 0 Å². The molecular weight excluding hydrogens is 240 g/mol. The Morgan fingerprint density at radius 2 is 2.11 bits per heavy atom. The Labute approximate surface area is 112 Å². The Hall–Kier alpha value is -2.36. The summed E-state index contributed by atoms with van der Waals surface area (Å²) in [5.74, 6) is -0.937. The Bertz CT molecular complexity index is 585. The average Bonchev–Trinajstić information content (AvgIpc) is 2.77. The van der Waals surface area contributed by atoms with Crippen molar-refractivity contribution in [2.45, 2.75) is 19.9 Å². The number of carboxylic acids is 1. The van der Waals surface area contributed by atoms with Crippen LogP contribution >= 0.6 is 0 Å². The summed E-state index contributed by atoms with van der Waals surface area (Å²) in [6.45, 7) is 2.36. The highest BCUT2D eigenvalue weighted by atomic mass is 16.4. The van der Waals surface area contributed by atoms with Gasteiger partial charge in [0.05, 0.1) is 5.69 Å². The molecule has 0 radical (unpaired) electrons. The van der Waals surface area contributed by atoms with E-state index in [1.807, 2.05) is 42.5 Å². The number of aromatic carboxylic acids is 1. The largest absolute Gasteiger partial charge is 0.477 e. The monoisotopic (exact) mass is 256 g/mol. The van der Waals surface area contributed by atoms with Gasteiger partial charge in [0.2, 0.25) is 0 Å². The number of carboxylic acid groups (broad SMARTS) is 1. The van der Waals surface area contributed by atoms with E-state index in [0.29, 0.717) is 6.54 Å². The Kier molecular flexibility index (Phi) is 4.13. The maximum atomic E-state index is 11.0. The number of allylic oxidation sites excluding steroid dienone is 1. The van der Waals surface area contributed by atoms with E-state index in [1.54, 1.807) is 13.0 Å². The molecule has 0 fully saturated rings. The lowest BCUT2D eigenvalue weighted by Crippen LogP contribution is -2.09. The highest BCUT2D eigenvalue weighted by Gasteiger charge is 2.11. The van der Waals surface area contributed by atoms with Gasteiger partial charge in [-0.3, -0.25) is 4.68 Å². The number of aryl methyl sites for hydroxylation is 2. The topological polar surface area (TPSA) is 55.1 Å². The Morgan fingerprint density at radius 1 is 1.37 bits per heavy atom. The molecule has 98 valence electrons. The molecule has 2 rings (SSSR count). The molecule has 0 atom stereocenters. The third-order valence-corrected chi connectivity index (χ3v) is 2.74. The van der Waals surface area contributed by atoms with Crippen molar-refractivity contribution in [3.05, 3.63) is 59.4 Å². The van der Waals surface area contributed by atoms with Gasteiger partial charge in [-0.05, 0) is 25.0 Å². The molecule has 4 nitrogen and oxygen atoms in total. The van der Waals surface area contributed by atoms with Crippen molar-refractivity contribution in [1.82, 2.24) is 9.78 Å². The van der Waals surface area contributed by atoms with Crippen LogP contribution in [0, 0.1) is 6.92 Å². The zero-order valence-corrected chi connectivity index (χ0v) is 10.8.